The van der Waals surface area contributed by atoms with Gasteiger partial charge in [-0.3, -0.25) is 4.79 Å². The van der Waals surface area contributed by atoms with Gasteiger partial charge in [0, 0.05) is 0 Å². The molecule has 1 N–H and O–H groups in total. The fourth-order valence-corrected chi connectivity index (χ4v) is 8.46. The van der Waals surface area contributed by atoms with Gasteiger partial charge < -0.3 is 5.11 Å². The Bertz CT molecular complexity index is 531. The Morgan fingerprint density at radius 3 is 1.90 bits per heavy atom. The molecule has 0 saturated heterocycles. The Hall–Kier alpha value is -0.530. The highest BCUT2D eigenvalue weighted by molar-refractivity contribution is 5.76. The third-order valence-corrected chi connectivity index (χ3v) is 10.3. The first-order valence-electron chi connectivity index (χ1n) is 14.3. The average molecular weight is 433 g/mol. The molecule has 0 amide bonds. The third-order valence-electron chi connectivity index (χ3n) is 10.3. The van der Waals surface area contributed by atoms with Crippen LogP contribution < -0.4 is 0 Å². The summed E-state index contributed by atoms with van der Waals surface area (Å²) in [6, 6.07) is 0. The van der Waals surface area contributed by atoms with Crippen LogP contribution in [0, 0.1) is 22.2 Å². The van der Waals surface area contributed by atoms with Crippen LogP contribution in [-0.4, -0.2) is 11.1 Å². The van der Waals surface area contributed by atoms with Gasteiger partial charge in [0.05, 0.1) is 5.41 Å². The van der Waals surface area contributed by atoms with Crippen LogP contribution in [0.5, 0.6) is 0 Å². The maximum atomic E-state index is 12.9. The minimum absolute atomic E-state index is 0.0668. The van der Waals surface area contributed by atoms with Gasteiger partial charge in [-0.05, 0) is 81.0 Å². The predicted molar refractivity (Wildman–Crippen MR) is 131 cm³/mol. The van der Waals surface area contributed by atoms with Crippen molar-refractivity contribution < 1.29 is 9.90 Å². The lowest BCUT2D eigenvalue weighted by Gasteiger charge is -2.58. The Morgan fingerprint density at radius 2 is 1.32 bits per heavy atom. The topological polar surface area (TPSA) is 37.3 Å². The summed E-state index contributed by atoms with van der Waals surface area (Å²) in [7, 11) is 0. The van der Waals surface area contributed by atoms with Crippen LogP contribution in [0.4, 0.5) is 0 Å². The molecular formula is C29H52O2. The number of hydrogen-bond acceptors (Lipinski definition) is 1. The standard InChI is InChI=1S/C29H52O2/c1-3-5-6-7-12-18-28(29(26(30)31)19-13-9-14-20-29)23-21-27(17-4-2,22-24-28)25-15-10-8-11-16-25/h25H,3-24H2,1-2H3,(H,30,31). The second-order valence-corrected chi connectivity index (χ2v) is 11.8. The normalized spacial score (nSPS) is 32.1. The van der Waals surface area contributed by atoms with Gasteiger partial charge in [-0.1, -0.05) is 90.9 Å². The molecule has 0 unspecified atom stereocenters. The summed E-state index contributed by atoms with van der Waals surface area (Å²) < 4.78 is 0. The Balaban J connectivity index is 1.81. The molecule has 3 aliphatic carbocycles. The van der Waals surface area contributed by atoms with Gasteiger partial charge in [0.2, 0.25) is 0 Å². The van der Waals surface area contributed by atoms with E-state index in [1.807, 2.05) is 0 Å². The third kappa shape index (κ3) is 5.35. The molecular weight excluding hydrogens is 380 g/mol. The van der Waals surface area contributed by atoms with E-state index >= 15 is 0 Å². The highest BCUT2D eigenvalue weighted by Crippen LogP contribution is 2.64. The number of hydrogen-bond donors (Lipinski definition) is 1. The van der Waals surface area contributed by atoms with Gasteiger partial charge in [0.1, 0.15) is 0 Å². The summed E-state index contributed by atoms with van der Waals surface area (Å²) in [6.07, 6.45) is 27.9. The van der Waals surface area contributed by atoms with Crippen molar-refractivity contribution in [3.05, 3.63) is 0 Å². The van der Waals surface area contributed by atoms with Crippen LogP contribution in [-0.2, 0) is 4.79 Å². The second-order valence-electron chi connectivity index (χ2n) is 11.8. The molecule has 3 fully saturated rings. The van der Waals surface area contributed by atoms with Crippen molar-refractivity contribution >= 4 is 5.97 Å². The highest BCUT2D eigenvalue weighted by atomic mass is 16.4. The first kappa shape index (κ1) is 25.1. The molecule has 2 heteroatoms. The summed E-state index contributed by atoms with van der Waals surface area (Å²) in [5.41, 5.74) is 0.160. The molecule has 3 rings (SSSR count). The van der Waals surface area contributed by atoms with Crippen LogP contribution in [0.1, 0.15) is 155 Å². The first-order valence-corrected chi connectivity index (χ1v) is 14.3. The van der Waals surface area contributed by atoms with E-state index in [1.165, 1.54) is 116 Å². The Kier molecular flexibility index (Phi) is 9.35. The maximum absolute atomic E-state index is 12.9. The highest BCUT2D eigenvalue weighted by Gasteiger charge is 2.58. The van der Waals surface area contributed by atoms with E-state index in [0.29, 0.717) is 5.41 Å². The number of carbonyl (C=O) groups is 1. The molecule has 180 valence electrons. The lowest BCUT2D eigenvalue weighted by atomic mass is 9.46. The van der Waals surface area contributed by atoms with E-state index in [2.05, 4.69) is 13.8 Å². The molecule has 0 heterocycles. The summed E-state index contributed by atoms with van der Waals surface area (Å²) in [6.45, 7) is 4.66. The first-order chi connectivity index (χ1) is 15.0. The molecule has 3 saturated carbocycles. The van der Waals surface area contributed by atoms with E-state index in [1.54, 1.807) is 0 Å². The molecule has 3 aliphatic rings. The zero-order chi connectivity index (χ0) is 22.2. The predicted octanol–water partition coefficient (Wildman–Crippen LogP) is 9.31. The molecule has 0 aliphatic heterocycles. The van der Waals surface area contributed by atoms with E-state index in [9.17, 15) is 9.90 Å². The van der Waals surface area contributed by atoms with Crippen molar-refractivity contribution in [2.45, 2.75) is 155 Å². The zero-order valence-corrected chi connectivity index (χ0v) is 21.0. The lowest BCUT2D eigenvalue weighted by molar-refractivity contribution is -0.171. The molecule has 0 aromatic rings. The van der Waals surface area contributed by atoms with Crippen molar-refractivity contribution in [1.29, 1.82) is 0 Å². The molecule has 0 atom stereocenters. The minimum atomic E-state index is -0.443. The van der Waals surface area contributed by atoms with Crippen LogP contribution in [0.25, 0.3) is 0 Å². The van der Waals surface area contributed by atoms with Gasteiger partial charge >= 0.3 is 5.97 Å². The van der Waals surface area contributed by atoms with Crippen molar-refractivity contribution in [2.75, 3.05) is 0 Å². The molecule has 31 heavy (non-hydrogen) atoms. The van der Waals surface area contributed by atoms with E-state index in [0.717, 1.165) is 31.6 Å². The summed E-state index contributed by atoms with van der Waals surface area (Å²) in [5, 5.41) is 10.6. The number of unbranched alkanes of at least 4 members (excludes halogenated alkanes) is 4. The van der Waals surface area contributed by atoms with Crippen molar-refractivity contribution in [2.24, 2.45) is 22.2 Å². The maximum Gasteiger partial charge on any atom is 0.310 e. The average Bonchev–Trinajstić information content (AvgIpc) is 2.81. The van der Waals surface area contributed by atoms with Crippen LogP contribution in [0.3, 0.4) is 0 Å². The monoisotopic (exact) mass is 432 g/mol. The fourth-order valence-electron chi connectivity index (χ4n) is 8.46. The Morgan fingerprint density at radius 1 is 0.710 bits per heavy atom. The number of rotatable bonds is 11. The molecule has 0 aromatic heterocycles. The van der Waals surface area contributed by atoms with E-state index in [-0.39, 0.29) is 5.41 Å². The number of carboxylic acid groups (broad SMARTS) is 1. The zero-order valence-electron chi connectivity index (χ0n) is 21.0. The molecule has 0 bridgehead atoms. The molecule has 0 spiro atoms. The quantitative estimate of drug-likeness (QED) is 0.330. The minimum Gasteiger partial charge on any atom is -0.481 e. The van der Waals surface area contributed by atoms with Crippen molar-refractivity contribution in [3.63, 3.8) is 0 Å². The van der Waals surface area contributed by atoms with Crippen LogP contribution >= 0.6 is 0 Å². The summed E-state index contributed by atoms with van der Waals surface area (Å²) >= 11 is 0. The Labute approximate surface area is 193 Å². The van der Waals surface area contributed by atoms with Crippen molar-refractivity contribution in [3.8, 4) is 0 Å². The number of aliphatic carboxylic acids is 1. The number of carboxylic acids is 1. The van der Waals surface area contributed by atoms with Gasteiger partial charge in [-0.15, -0.1) is 0 Å². The van der Waals surface area contributed by atoms with Crippen LogP contribution in [0.15, 0.2) is 0 Å². The van der Waals surface area contributed by atoms with E-state index < -0.39 is 11.4 Å². The van der Waals surface area contributed by atoms with Gasteiger partial charge in [-0.2, -0.15) is 0 Å². The summed E-state index contributed by atoms with van der Waals surface area (Å²) in [4.78, 5) is 12.9. The van der Waals surface area contributed by atoms with Gasteiger partial charge in [-0.25, -0.2) is 0 Å². The molecule has 0 aromatic carbocycles. The lowest BCUT2D eigenvalue weighted by Crippen LogP contribution is -2.53. The molecule has 2 nitrogen and oxygen atoms in total. The molecule has 0 radical (unpaired) electrons. The van der Waals surface area contributed by atoms with Crippen LogP contribution in [0.2, 0.25) is 0 Å². The van der Waals surface area contributed by atoms with Gasteiger partial charge in [0.25, 0.3) is 0 Å². The fraction of sp³-hybridized carbons (Fsp3) is 0.966. The summed E-state index contributed by atoms with van der Waals surface area (Å²) in [5.74, 6) is 0.470. The van der Waals surface area contributed by atoms with E-state index in [4.69, 9.17) is 0 Å². The largest absolute Gasteiger partial charge is 0.481 e. The smallest absolute Gasteiger partial charge is 0.310 e. The SMILES string of the molecule is CCCCCCCC1(C2(C(=O)O)CCCCC2)CCC(CCC)(C2CCCCC2)CC1. The second kappa shape index (κ2) is 11.6. The van der Waals surface area contributed by atoms with Crippen molar-refractivity contribution in [1.82, 2.24) is 0 Å². The van der Waals surface area contributed by atoms with Gasteiger partial charge in [0.15, 0.2) is 0 Å².